The van der Waals surface area contributed by atoms with E-state index in [9.17, 15) is 13.2 Å². The first-order chi connectivity index (χ1) is 13.0. The van der Waals surface area contributed by atoms with Gasteiger partial charge >= 0.3 is 0 Å². The molecular weight excluding hydrogens is 372 g/mol. The molecule has 150 valence electrons. The van der Waals surface area contributed by atoms with Gasteiger partial charge in [0.05, 0.1) is 24.2 Å². The highest BCUT2D eigenvalue weighted by atomic mass is 32.2. The van der Waals surface area contributed by atoms with Crippen molar-refractivity contribution >= 4 is 15.9 Å². The molecule has 2 saturated heterocycles. The second kappa shape index (κ2) is 9.01. The van der Waals surface area contributed by atoms with E-state index >= 15 is 0 Å². The highest BCUT2D eigenvalue weighted by molar-refractivity contribution is 7.89. The van der Waals surface area contributed by atoms with Gasteiger partial charge in [-0.3, -0.25) is 4.79 Å². The number of sulfonamides is 1. The van der Waals surface area contributed by atoms with E-state index < -0.39 is 16.1 Å². The molecule has 2 aliphatic rings. The van der Waals surface area contributed by atoms with Gasteiger partial charge in [0.1, 0.15) is 5.75 Å². The van der Waals surface area contributed by atoms with E-state index in [2.05, 4.69) is 4.72 Å². The fourth-order valence-corrected chi connectivity index (χ4v) is 4.15. The molecule has 2 aliphatic heterocycles. The Morgan fingerprint density at radius 1 is 1.26 bits per heavy atom. The Kier molecular flexibility index (Phi) is 6.69. The Morgan fingerprint density at radius 3 is 2.59 bits per heavy atom. The third-order valence-electron chi connectivity index (χ3n) is 4.64. The summed E-state index contributed by atoms with van der Waals surface area (Å²) in [6.45, 7) is 4.81. The summed E-state index contributed by atoms with van der Waals surface area (Å²) >= 11 is 0. The molecule has 1 amide bonds. The minimum Gasteiger partial charge on any atom is -0.481 e. The molecule has 0 radical (unpaired) electrons. The molecule has 0 saturated carbocycles. The zero-order valence-electron chi connectivity index (χ0n) is 15.4. The minimum atomic E-state index is -3.60. The molecule has 2 atom stereocenters. The van der Waals surface area contributed by atoms with Crippen molar-refractivity contribution < 1.29 is 27.4 Å². The van der Waals surface area contributed by atoms with Crippen molar-refractivity contribution in [3.8, 4) is 5.75 Å². The molecular formula is C18H26N2O6S. The second-order valence-corrected chi connectivity index (χ2v) is 8.42. The zero-order chi connectivity index (χ0) is 19.3. The van der Waals surface area contributed by atoms with Gasteiger partial charge in [-0.25, -0.2) is 13.1 Å². The molecule has 1 N–H and O–H groups in total. The molecule has 8 nitrogen and oxygen atoms in total. The molecule has 0 spiro atoms. The number of hydrogen-bond acceptors (Lipinski definition) is 6. The van der Waals surface area contributed by atoms with Gasteiger partial charge in [0.15, 0.2) is 6.10 Å². The van der Waals surface area contributed by atoms with Crippen LogP contribution in [0, 0.1) is 0 Å². The highest BCUT2D eigenvalue weighted by Gasteiger charge is 2.24. The van der Waals surface area contributed by atoms with E-state index in [4.69, 9.17) is 14.2 Å². The van der Waals surface area contributed by atoms with Gasteiger partial charge in [-0.05, 0) is 44.0 Å². The SMILES string of the molecule is C[C@@H](Oc1ccc(S(=O)(=O)NC[C@H]2CCCO2)cc1)C(=O)N1CCOCC1. The topological polar surface area (TPSA) is 94.2 Å². The predicted molar refractivity (Wildman–Crippen MR) is 98.1 cm³/mol. The number of benzene rings is 1. The summed E-state index contributed by atoms with van der Waals surface area (Å²) in [7, 11) is -3.60. The van der Waals surface area contributed by atoms with E-state index in [1.54, 1.807) is 24.0 Å². The molecule has 0 aliphatic carbocycles. The molecule has 0 aromatic heterocycles. The maximum absolute atomic E-state index is 12.4. The van der Waals surface area contributed by atoms with Gasteiger partial charge in [0.25, 0.3) is 5.91 Å². The first-order valence-electron chi connectivity index (χ1n) is 9.20. The van der Waals surface area contributed by atoms with Crippen LogP contribution in [0.2, 0.25) is 0 Å². The number of amides is 1. The van der Waals surface area contributed by atoms with Crippen LogP contribution >= 0.6 is 0 Å². The van der Waals surface area contributed by atoms with Crippen LogP contribution in [-0.4, -0.2) is 70.9 Å². The van der Waals surface area contributed by atoms with E-state index in [0.29, 0.717) is 38.7 Å². The van der Waals surface area contributed by atoms with Crippen molar-refractivity contribution in [2.24, 2.45) is 0 Å². The fourth-order valence-electron chi connectivity index (χ4n) is 3.08. The van der Waals surface area contributed by atoms with Crippen LogP contribution in [0.1, 0.15) is 19.8 Å². The fraction of sp³-hybridized carbons (Fsp3) is 0.611. The average Bonchev–Trinajstić information content (AvgIpc) is 3.21. The van der Waals surface area contributed by atoms with Gasteiger partial charge in [0, 0.05) is 26.2 Å². The number of hydrogen-bond donors (Lipinski definition) is 1. The van der Waals surface area contributed by atoms with Gasteiger partial charge in [0.2, 0.25) is 10.0 Å². The lowest BCUT2D eigenvalue weighted by molar-refractivity contribution is -0.142. The van der Waals surface area contributed by atoms with Crippen molar-refractivity contribution in [1.82, 2.24) is 9.62 Å². The van der Waals surface area contributed by atoms with Crippen LogP contribution in [0.3, 0.4) is 0 Å². The summed E-state index contributed by atoms with van der Waals surface area (Å²) in [5, 5.41) is 0. The quantitative estimate of drug-likeness (QED) is 0.729. The summed E-state index contributed by atoms with van der Waals surface area (Å²) < 4.78 is 43.6. The van der Waals surface area contributed by atoms with Gasteiger partial charge in [-0.15, -0.1) is 0 Å². The number of carbonyl (C=O) groups is 1. The van der Waals surface area contributed by atoms with Crippen LogP contribution in [-0.2, 0) is 24.3 Å². The largest absolute Gasteiger partial charge is 0.481 e. The number of ether oxygens (including phenoxy) is 3. The average molecular weight is 398 g/mol. The molecule has 9 heteroatoms. The summed E-state index contributed by atoms with van der Waals surface area (Å²) in [4.78, 5) is 14.2. The molecule has 0 unspecified atom stereocenters. The highest BCUT2D eigenvalue weighted by Crippen LogP contribution is 2.18. The summed E-state index contributed by atoms with van der Waals surface area (Å²) in [6.07, 6.45) is 1.11. The predicted octanol–water partition coefficient (Wildman–Crippen LogP) is 0.770. The van der Waals surface area contributed by atoms with Gasteiger partial charge in [-0.1, -0.05) is 0 Å². The van der Waals surface area contributed by atoms with Crippen molar-refractivity contribution in [1.29, 1.82) is 0 Å². The van der Waals surface area contributed by atoms with Gasteiger partial charge < -0.3 is 19.1 Å². The standard InChI is InChI=1S/C18H26N2O6S/c1-14(18(21)20-8-11-24-12-9-20)26-15-4-6-17(7-5-15)27(22,23)19-13-16-3-2-10-25-16/h4-7,14,16,19H,2-3,8-13H2,1H3/t14-,16-/m1/s1. The molecule has 0 bridgehead atoms. The maximum Gasteiger partial charge on any atom is 0.263 e. The van der Waals surface area contributed by atoms with Crippen LogP contribution in [0.15, 0.2) is 29.2 Å². The molecule has 1 aromatic carbocycles. The first-order valence-corrected chi connectivity index (χ1v) is 10.7. The Labute approximate surface area is 159 Å². The molecule has 27 heavy (non-hydrogen) atoms. The smallest absolute Gasteiger partial charge is 0.263 e. The Bertz CT molecular complexity index is 725. The van der Waals surface area contributed by atoms with Crippen LogP contribution in [0.5, 0.6) is 5.75 Å². The minimum absolute atomic E-state index is 0.0607. The lowest BCUT2D eigenvalue weighted by Gasteiger charge is -2.29. The molecule has 3 rings (SSSR count). The monoisotopic (exact) mass is 398 g/mol. The van der Waals surface area contributed by atoms with Crippen molar-refractivity contribution in [3.05, 3.63) is 24.3 Å². The van der Waals surface area contributed by atoms with E-state index in [1.807, 2.05) is 0 Å². The molecule has 1 aromatic rings. The number of carbonyl (C=O) groups excluding carboxylic acids is 1. The number of rotatable bonds is 7. The third kappa shape index (κ3) is 5.41. The normalized spacial score (nSPS) is 21.8. The van der Waals surface area contributed by atoms with E-state index in [1.165, 1.54) is 12.1 Å². The van der Waals surface area contributed by atoms with Crippen molar-refractivity contribution in [2.45, 2.75) is 36.9 Å². The van der Waals surface area contributed by atoms with E-state index in [0.717, 1.165) is 12.8 Å². The molecule has 2 heterocycles. The summed E-state index contributed by atoms with van der Waals surface area (Å²) in [5.41, 5.74) is 0. The van der Waals surface area contributed by atoms with Crippen molar-refractivity contribution in [3.63, 3.8) is 0 Å². The second-order valence-electron chi connectivity index (χ2n) is 6.66. The Balaban J connectivity index is 1.54. The third-order valence-corrected chi connectivity index (χ3v) is 6.08. The lowest BCUT2D eigenvalue weighted by Crippen LogP contribution is -2.46. The Hall–Kier alpha value is -1.68. The number of nitrogens with zero attached hydrogens (tertiary/aromatic N) is 1. The van der Waals surface area contributed by atoms with Gasteiger partial charge in [-0.2, -0.15) is 0 Å². The Morgan fingerprint density at radius 2 is 1.96 bits per heavy atom. The lowest BCUT2D eigenvalue weighted by atomic mass is 10.2. The maximum atomic E-state index is 12.4. The van der Waals surface area contributed by atoms with E-state index in [-0.39, 0.29) is 23.5 Å². The van der Waals surface area contributed by atoms with Crippen molar-refractivity contribution in [2.75, 3.05) is 39.5 Å². The number of nitrogens with one attached hydrogen (secondary N) is 1. The molecule has 2 fully saturated rings. The van der Waals surface area contributed by atoms with Crippen LogP contribution in [0.4, 0.5) is 0 Å². The summed E-state index contributed by atoms with van der Waals surface area (Å²) in [5.74, 6) is 0.343. The summed E-state index contributed by atoms with van der Waals surface area (Å²) in [6, 6.07) is 6.06. The first kappa shape index (κ1) is 20.1. The van der Waals surface area contributed by atoms with Crippen LogP contribution < -0.4 is 9.46 Å². The number of morpholine rings is 1. The zero-order valence-corrected chi connectivity index (χ0v) is 16.2. The van der Waals surface area contributed by atoms with Crippen LogP contribution in [0.25, 0.3) is 0 Å².